The Morgan fingerprint density at radius 1 is 1.04 bits per heavy atom. The fraction of sp³-hybridized carbons (Fsp3) is 0.250. The van der Waals surface area contributed by atoms with Crippen molar-refractivity contribution in [3.63, 3.8) is 0 Å². The molecule has 0 saturated heterocycles. The number of hydrogen-bond donors (Lipinski definition) is 2. The van der Waals surface area contributed by atoms with Gasteiger partial charge in [0, 0.05) is 4.88 Å². The van der Waals surface area contributed by atoms with Gasteiger partial charge in [-0.15, -0.1) is 11.3 Å². The minimum Gasteiger partial charge on any atom is -0.438 e. The second-order valence-corrected chi connectivity index (χ2v) is 9.37. The smallest absolute Gasteiger partial charge is 0.287 e. The molecule has 2 heterocycles. The van der Waals surface area contributed by atoms with E-state index in [2.05, 4.69) is 36.0 Å². The summed E-state index contributed by atoms with van der Waals surface area (Å²) in [5.41, 5.74) is 2.16. The van der Waals surface area contributed by atoms with Crippen molar-refractivity contribution >= 4 is 27.3 Å². The summed E-state index contributed by atoms with van der Waals surface area (Å²) < 4.78 is 31.0. The molecule has 148 valence electrons. The van der Waals surface area contributed by atoms with Gasteiger partial charge < -0.3 is 9.73 Å². The molecular formula is C20H22N2O4S2. The lowest BCUT2D eigenvalue weighted by Gasteiger charge is -2.18. The molecule has 0 aliphatic rings. The topological polar surface area (TPSA) is 88.4 Å². The summed E-state index contributed by atoms with van der Waals surface area (Å²) >= 11 is 1.54. The van der Waals surface area contributed by atoms with Crippen LogP contribution in [0.4, 0.5) is 0 Å². The molecule has 8 heteroatoms. The first-order chi connectivity index (χ1) is 13.3. The van der Waals surface area contributed by atoms with Crippen molar-refractivity contribution in [2.75, 3.05) is 7.05 Å². The van der Waals surface area contributed by atoms with Crippen molar-refractivity contribution in [3.05, 3.63) is 75.7 Å². The van der Waals surface area contributed by atoms with Crippen molar-refractivity contribution in [3.8, 4) is 0 Å². The third kappa shape index (κ3) is 4.35. The molecule has 3 aromatic rings. The molecule has 6 nitrogen and oxygen atoms in total. The summed E-state index contributed by atoms with van der Waals surface area (Å²) in [6.45, 7) is 4.25. The van der Waals surface area contributed by atoms with Gasteiger partial charge in [-0.3, -0.25) is 4.79 Å². The Kier molecular flexibility index (Phi) is 6.02. The highest BCUT2D eigenvalue weighted by molar-refractivity contribution is 7.89. The number of benzene rings is 1. The van der Waals surface area contributed by atoms with E-state index in [0.717, 1.165) is 10.4 Å². The number of thiophene rings is 1. The van der Waals surface area contributed by atoms with E-state index in [1.807, 2.05) is 29.6 Å². The molecule has 3 rings (SSSR count). The van der Waals surface area contributed by atoms with Crippen molar-refractivity contribution in [2.24, 2.45) is 0 Å². The maximum Gasteiger partial charge on any atom is 0.287 e. The van der Waals surface area contributed by atoms with E-state index in [4.69, 9.17) is 4.42 Å². The zero-order valence-corrected chi connectivity index (χ0v) is 17.4. The lowest BCUT2D eigenvalue weighted by Crippen LogP contribution is -2.28. The van der Waals surface area contributed by atoms with Crippen LogP contribution in [-0.2, 0) is 10.0 Å². The number of furan rings is 1. The van der Waals surface area contributed by atoms with Crippen LogP contribution in [0.15, 0.2) is 63.4 Å². The summed E-state index contributed by atoms with van der Waals surface area (Å²) in [6, 6.07) is 14.2. The molecule has 0 radical (unpaired) electrons. The third-order valence-corrected chi connectivity index (χ3v) is 6.60. The van der Waals surface area contributed by atoms with Crippen molar-refractivity contribution < 1.29 is 17.6 Å². The lowest BCUT2D eigenvalue weighted by atomic mass is 9.98. The first-order valence-corrected chi connectivity index (χ1v) is 11.2. The molecule has 0 fully saturated rings. The highest BCUT2D eigenvalue weighted by Crippen LogP contribution is 2.28. The highest BCUT2D eigenvalue weighted by Gasteiger charge is 2.23. The van der Waals surface area contributed by atoms with Gasteiger partial charge in [0.05, 0.1) is 6.04 Å². The van der Waals surface area contributed by atoms with Crippen molar-refractivity contribution in [2.45, 2.75) is 30.9 Å². The maximum absolute atomic E-state index is 12.7. The number of nitrogens with one attached hydrogen (secondary N) is 2. The third-order valence-electron chi connectivity index (χ3n) is 4.38. The van der Waals surface area contributed by atoms with E-state index in [9.17, 15) is 13.2 Å². The summed E-state index contributed by atoms with van der Waals surface area (Å²) in [4.78, 5) is 13.7. The summed E-state index contributed by atoms with van der Waals surface area (Å²) in [7, 11) is -2.46. The van der Waals surface area contributed by atoms with E-state index in [1.54, 1.807) is 0 Å². The number of carbonyl (C=O) groups is 1. The second-order valence-electron chi connectivity index (χ2n) is 6.57. The molecule has 1 atom stereocenters. The van der Waals surface area contributed by atoms with Gasteiger partial charge in [-0.05, 0) is 47.7 Å². The summed E-state index contributed by atoms with van der Waals surface area (Å²) in [5, 5.41) is 4.59. The average Bonchev–Trinajstić information content (AvgIpc) is 3.38. The first-order valence-electron chi connectivity index (χ1n) is 8.79. The Morgan fingerprint density at radius 3 is 2.29 bits per heavy atom. The van der Waals surface area contributed by atoms with Gasteiger partial charge in [0.25, 0.3) is 15.9 Å². The molecular weight excluding hydrogens is 396 g/mol. The quantitative estimate of drug-likeness (QED) is 0.609. The lowest BCUT2D eigenvalue weighted by molar-refractivity contribution is 0.0910. The highest BCUT2D eigenvalue weighted by atomic mass is 32.2. The zero-order chi connectivity index (χ0) is 20.3. The Hall–Kier alpha value is -2.42. The molecule has 0 saturated carbocycles. The first kappa shape index (κ1) is 20.3. The van der Waals surface area contributed by atoms with Crippen molar-refractivity contribution in [1.82, 2.24) is 10.0 Å². The molecule has 0 aliphatic carbocycles. The molecule has 0 bridgehead atoms. The zero-order valence-electron chi connectivity index (χ0n) is 15.8. The number of rotatable bonds is 7. The Bertz CT molecular complexity index is 1040. The second kappa shape index (κ2) is 8.30. The number of sulfonamides is 1. The normalized spacial score (nSPS) is 12.9. The molecule has 1 aromatic carbocycles. The Balaban J connectivity index is 1.87. The Morgan fingerprint density at radius 2 is 1.71 bits per heavy atom. The van der Waals surface area contributed by atoms with Gasteiger partial charge in [-0.1, -0.05) is 44.2 Å². The van der Waals surface area contributed by atoms with Crippen LogP contribution in [0.2, 0.25) is 0 Å². The fourth-order valence-corrected chi connectivity index (χ4v) is 4.19. The minimum atomic E-state index is -3.74. The van der Waals surface area contributed by atoms with E-state index < -0.39 is 15.9 Å². The SMILES string of the molecule is CNS(=O)(=O)c1ccc(C(=O)NC(c2ccc(C(C)C)cc2)c2cccs2)o1. The molecule has 0 aliphatic heterocycles. The van der Waals surface area contributed by atoms with Crippen LogP contribution < -0.4 is 10.0 Å². The van der Waals surface area contributed by atoms with Crippen LogP contribution in [0.1, 0.15) is 52.4 Å². The van der Waals surface area contributed by atoms with Crippen LogP contribution >= 0.6 is 11.3 Å². The van der Waals surface area contributed by atoms with Gasteiger partial charge in [-0.25, -0.2) is 13.1 Å². The molecule has 1 unspecified atom stereocenters. The fourth-order valence-electron chi connectivity index (χ4n) is 2.74. The number of hydrogen-bond acceptors (Lipinski definition) is 5. The molecule has 0 spiro atoms. The molecule has 28 heavy (non-hydrogen) atoms. The maximum atomic E-state index is 12.7. The van der Waals surface area contributed by atoms with Gasteiger partial charge in [0.1, 0.15) is 0 Å². The number of carbonyl (C=O) groups excluding carboxylic acids is 1. The predicted octanol–water partition coefficient (Wildman–Crippen LogP) is 3.89. The predicted molar refractivity (Wildman–Crippen MR) is 109 cm³/mol. The monoisotopic (exact) mass is 418 g/mol. The van der Waals surface area contributed by atoms with Gasteiger partial charge in [0.15, 0.2) is 5.76 Å². The Labute approximate surface area is 168 Å². The van der Waals surface area contributed by atoms with E-state index in [1.165, 1.54) is 36.1 Å². The van der Waals surface area contributed by atoms with Crippen LogP contribution in [0, 0.1) is 0 Å². The molecule has 2 aromatic heterocycles. The van der Waals surface area contributed by atoms with Crippen molar-refractivity contribution in [1.29, 1.82) is 0 Å². The summed E-state index contributed by atoms with van der Waals surface area (Å²) in [5.74, 6) is -0.127. The number of amides is 1. The van der Waals surface area contributed by atoms with Crippen LogP contribution in [-0.4, -0.2) is 21.4 Å². The van der Waals surface area contributed by atoms with Crippen LogP contribution in [0.3, 0.4) is 0 Å². The van der Waals surface area contributed by atoms with Gasteiger partial charge >= 0.3 is 0 Å². The van der Waals surface area contributed by atoms with E-state index >= 15 is 0 Å². The standard InChI is InChI=1S/C20H22N2O4S2/c1-13(2)14-6-8-15(9-7-14)19(17-5-4-12-27-17)22-20(23)16-10-11-18(26-16)28(24,25)21-3/h4-13,19,21H,1-3H3,(H,22,23). The van der Waals surface area contributed by atoms with Gasteiger partial charge in [0.2, 0.25) is 5.09 Å². The van der Waals surface area contributed by atoms with E-state index in [0.29, 0.717) is 5.92 Å². The molecule has 2 N–H and O–H groups in total. The summed E-state index contributed by atoms with van der Waals surface area (Å²) in [6.07, 6.45) is 0. The van der Waals surface area contributed by atoms with E-state index in [-0.39, 0.29) is 16.9 Å². The average molecular weight is 419 g/mol. The van der Waals surface area contributed by atoms with Crippen LogP contribution in [0.25, 0.3) is 0 Å². The van der Waals surface area contributed by atoms with Gasteiger partial charge in [-0.2, -0.15) is 0 Å². The largest absolute Gasteiger partial charge is 0.438 e. The minimum absolute atomic E-state index is 0.0609. The molecule has 1 amide bonds. The van der Waals surface area contributed by atoms with Crippen LogP contribution in [0.5, 0.6) is 0 Å².